The topological polar surface area (TPSA) is 38.9 Å². The zero-order valence-corrected chi connectivity index (χ0v) is 12.2. The lowest BCUT2D eigenvalue weighted by molar-refractivity contribution is 0.506. The highest BCUT2D eigenvalue weighted by atomic mass is 14.7. The molecule has 0 aliphatic heterocycles. The summed E-state index contributed by atoms with van der Waals surface area (Å²) in [5.41, 5.74) is 11.4. The molecule has 2 heteroatoms. The van der Waals surface area contributed by atoms with Gasteiger partial charge < -0.3 is 5.73 Å². The van der Waals surface area contributed by atoms with Gasteiger partial charge in [-0.25, -0.2) is 0 Å². The number of nitrogen functional groups attached to an aromatic ring is 1. The summed E-state index contributed by atoms with van der Waals surface area (Å²) in [6.07, 6.45) is 2.98. The Morgan fingerprint density at radius 3 is 2.32 bits per heavy atom. The second-order valence-electron chi connectivity index (χ2n) is 5.77. The first-order valence-electron chi connectivity index (χ1n) is 6.77. The molecule has 2 rings (SSSR count). The summed E-state index contributed by atoms with van der Waals surface area (Å²) >= 11 is 0. The summed E-state index contributed by atoms with van der Waals surface area (Å²) in [5, 5.41) is 0. The van der Waals surface area contributed by atoms with Crippen LogP contribution < -0.4 is 5.73 Å². The maximum atomic E-state index is 6.04. The van der Waals surface area contributed by atoms with E-state index in [2.05, 4.69) is 50.0 Å². The number of benzene rings is 1. The van der Waals surface area contributed by atoms with E-state index in [0.29, 0.717) is 0 Å². The fourth-order valence-electron chi connectivity index (χ4n) is 2.12. The van der Waals surface area contributed by atoms with Crippen molar-refractivity contribution in [1.29, 1.82) is 0 Å². The van der Waals surface area contributed by atoms with Crippen molar-refractivity contribution in [2.24, 2.45) is 0 Å². The van der Waals surface area contributed by atoms with Gasteiger partial charge in [0.2, 0.25) is 0 Å². The van der Waals surface area contributed by atoms with Crippen molar-refractivity contribution < 1.29 is 0 Å². The van der Waals surface area contributed by atoms with E-state index < -0.39 is 0 Å². The van der Waals surface area contributed by atoms with E-state index in [1.165, 1.54) is 5.56 Å². The van der Waals surface area contributed by atoms with Crippen molar-refractivity contribution in [3.8, 4) is 11.3 Å². The molecule has 2 aromatic rings. The Hall–Kier alpha value is -1.83. The van der Waals surface area contributed by atoms with Crippen LogP contribution in [-0.4, -0.2) is 4.98 Å². The van der Waals surface area contributed by atoms with Crippen molar-refractivity contribution in [3.63, 3.8) is 0 Å². The molecule has 0 spiro atoms. The predicted molar refractivity (Wildman–Crippen MR) is 82.1 cm³/mol. The van der Waals surface area contributed by atoms with E-state index in [9.17, 15) is 0 Å². The third-order valence-corrected chi connectivity index (χ3v) is 3.88. The minimum absolute atomic E-state index is 0.213. The highest BCUT2D eigenvalue weighted by molar-refractivity contribution is 5.72. The zero-order chi connectivity index (χ0) is 14.0. The molecule has 0 fully saturated rings. The van der Waals surface area contributed by atoms with Gasteiger partial charge in [0.25, 0.3) is 0 Å². The van der Waals surface area contributed by atoms with Crippen LogP contribution in [0.4, 0.5) is 5.69 Å². The number of aryl methyl sites for hydroxylation is 1. The summed E-state index contributed by atoms with van der Waals surface area (Å²) in [5.74, 6) is 0. The molecule has 0 radical (unpaired) electrons. The lowest BCUT2D eigenvalue weighted by Crippen LogP contribution is -2.15. The van der Waals surface area contributed by atoms with Gasteiger partial charge in [0.05, 0.1) is 11.4 Å². The van der Waals surface area contributed by atoms with Gasteiger partial charge in [0.15, 0.2) is 0 Å². The number of hydrogen-bond donors (Lipinski definition) is 1. The normalized spacial score (nSPS) is 11.6. The number of nitrogens with zero attached hydrogens (tertiary/aromatic N) is 1. The van der Waals surface area contributed by atoms with Gasteiger partial charge in [-0.1, -0.05) is 45.0 Å². The van der Waals surface area contributed by atoms with Gasteiger partial charge in [0, 0.05) is 11.8 Å². The van der Waals surface area contributed by atoms with Crippen LogP contribution >= 0.6 is 0 Å². The van der Waals surface area contributed by atoms with Crippen molar-refractivity contribution in [2.45, 2.75) is 39.5 Å². The fourth-order valence-corrected chi connectivity index (χ4v) is 2.12. The van der Waals surface area contributed by atoms with Gasteiger partial charge in [-0.3, -0.25) is 4.98 Å². The number of rotatable bonds is 3. The third-order valence-electron chi connectivity index (χ3n) is 3.88. The average Bonchev–Trinajstić information content (AvgIpc) is 2.39. The highest BCUT2D eigenvalue weighted by Gasteiger charge is 2.17. The maximum Gasteiger partial charge on any atom is 0.0931 e. The van der Waals surface area contributed by atoms with Crippen molar-refractivity contribution in [3.05, 3.63) is 47.7 Å². The Kier molecular flexibility index (Phi) is 3.61. The van der Waals surface area contributed by atoms with Crippen LogP contribution in [-0.2, 0) is 5.41 Å². The number of pyridine rings is 1. The van der Waals surface area contributed by atoms with Crippen LogP contribution in [0, 0.1) is 6.92 Å². The van der Waals surface area contributed by atoms with Crippen LogP contribution in [0.25, 0.3) is 11.3 Å². The lowest BCUT2D eigenvalue weighted by Gasteiger charge is -2.23. The van der Waals surface area contributed by atoms with E-state index in [1.54, 1.807) is 0 Å². The predicted octanol–water partition coefficient (Wildman–Crippen LogP) is 4.33. The van der Waals surface area contributed by atoms with Gasteiger partial charge in [-0.05, 0) is 36.0 Å². The van der Waals surface area contributed by atoms with Gasteiger partial charge >= 0.3 is 0 Å². The van der Waals surface area contributed by atoms with Crippen LogP contribution in [0.3, 0.4) is 0 Å². The first-order valence-corrected chi connectivity index (χ1v) is 6.77. The van der Waals surface area contributed by atoms with Gasteiger partial charge in [-0.2, -0.15) is 0 Å². The van der Waals surface area contributed by atoms with Crippen LogP contribution in [0.15, 0.2) is 36.5 Å². The van der Waals surface area contributed by atoms with E-state index >= 15 is 0 Å². The second kappa shape index (κ2) is 5.04. The molecule has 0 saturated heterocycles. The van der Waals surface area contributed by atoms with E-state index in [0.717, 1.165) is 28.9 Å². The Morgan fingerprint density at radius 2 is 1.79 bits per heavy atom. The number of aromatic nitrogens is 1. The molecule has 1 heterocycles. The largest absolute Gasteiger partial charge is 0.397 e. The Morgan fingerprint density at radius 1 is 1.16 bits per heavy atom. The van der Waals surface area contributed by atoms with E-state index in [-0.39, 0.29) is 5.41 Å². The smallest absolute Gasteiger partial charge is 0.0931 e. The highest BCUT2D eigenvalue weighted by Crippen LogP contribution is 2.30. The Balaban J connectivity index is 2.38. The van der Waals surface area contributed by atoms with Gasteiger partial charge in [-0.15, -0.1) is 0 Å². The van der Waals surface area contributed by atoms with Crippen LogP contribution in [0.2, 0.25) is 0 Å². The summed E-state index contributed by atoms with van der Waals surface area (Å²) in [7, 11) is 0. The molecule has 1 aromatic heterocycles. The molecule has 0 saturated carbocycles. The number of hydrogen-bond acceptors (Lipinski definition) is 2. The summed E-state index contributed by atoms with van der Waals surface area (Å²) < 4.78 is 0. The zero-order valence-electron chi connectivity index (χ0n) is 12.2. The molecule has 0 unspecified atom stereocenters. The molecule has 0 atom stereocenters. The molecule has 1 aromatic carbocycles. The lowest BCUT2D eigenvalue weighted by atomic mass is 9.82. The monoisotopic (exact) mass is 254 g/mol. The molecule has 2 N–H and O–H groups in total. The average molecular weight is 254 g/mol. The standard InChI is InChI=1S/C17H22N2/c1-5-17(3,4)14-8-6-13(7-9-14)16-15(18)10-12(2)11-19-16/h6-11H,5,18H2,1-4H3. The molecular formula is C17H22N2. The van der Waals surface area contributed by atoms with Crippen molar-refractivity contribution >= 4 is 5.69 Å². The molecular weight excluding hydrogens is 232 g/mol. The second-order valence-corrected chi connectivity index (χ2v) is 5.77. The van der Waals surface area contributed by atoms with E-state index in [4.69, 9.17) is 5.73 Å². The minimum Gasteiger partial charge on any atom is -0.397 e. The SMILES string of the molecule is CCC(C)(C)c1ccc(-c2ncc(C)cc2N)cc1. The molecule has 0 amide bonds. The molecule has 100 valence electrons. The van der Waals surface area contributed by atoms with Gasteiger partial charge in [0.1, 0.15) is 0 Å². The van der Waals surface area contributed by atoms with Crippen LogP contribution in [0.1, 0.15) is 38.3 Å². The summed E-state index contributed by atoms with van der Waals surface area (Å²) in [6, 6.07) is 10.5. The van der Waals surface area contributed by atoms with Crippen LogP contribution in [0.5, 0.6) is 0 Å². The molecule has 19 heavy (non-hydrogen) atoms. The first-order chi connectivity index (χ1) is 8.94. The molecule has 0 aliphatic carbocycles. The van der Waals surface area contributed by atoms with Crippen molar-refractivity contribution in [2.75, 3.05) is 5.73 Å². The quantitative estimate of drug-likeness (QED) is 0.885. The van der Waals surface area contributed by atoms with Crippen molar-refractivity contribution in [1.82, 2.24) is 4.98 Å². The van der Waals surface area contributed by atoms with E-state index in [1.807, 2.05) is 19.2 Å². The number of anilines is 1. The molecule has 0 aliphatic rings. The molecule has 0 bridgehead atoms. The summed E-state index contributed by atoms with van der Waals surface area (Å²) in [6.45, 7) is 8.74. The Bertz CT molecular complexity index is 568. The first kappa shape index (κ1) is 13.6. The fraction of sp³-hybridized carbons (Fsp3) is 0.353. The number of nitrogens with two attached hydrogens (primary N) is 1. The summed E-state index contributed by atoms with van der Waals surface area (Å²) in [4.78, 5) is 4.44. The third kappa shape index (κ3) is 2.78. The minimum atomic E-state index is 0.213. The Labute approximate surface area is 115 Å². The maximum absolute atomic E-state index is 6.04. The molecule has 2 nitrogen and oxygen atoms in total.